The van der Waals surface area contributed by atoms with Gasteiger partial charge in [0.15, 0.2) is 0 Å². The highest BCUT2D eigenvalue weighted by Gasteiger charge is 2.34. The van der Waals surface area contributed by atoms with Crippen molar-refractivity contribution in [1.29, 1.82) is 0 Å². The number of ether oxygens (including phenoxy) is 1. The number of hydrogen-bond acceptors (Lipinski definition) is 4. The third kappa shape index (κ3) is 5.28. The van der Waals surface area contributed by atoms with E-state index >= 15 is 0 Å². The summed E-state index contributed by atoms with van der Waals surface area (Å²) in [5.74, 6) is 1.32. The van der Waals surface area contributed by atoms with Crippen molar-refractivity contribution in [2.24, 2.45) is 5.92 Å². The molecule has 2 aliphatic rings. The highest BCUT2D eigenvalue weighted by Crippen LogP contribution is 2.31. The first-order valence-corrected chi connectivity index (χ1v) is 10.3. The fraction of sp³-hybridized carbons (Fsp3) is 0.391. The van der Waals surface area contributed by atoms with Crippen LogP contribution in [0.5, 0.6) is 5.75 Å². The zero-order valence-electron chi connectivity index (χ0n) is 16.5. The van der Waals surface area contributed by atoms with E-state index in [1.165, 1.54) is 0 Å². The van der Waals surface area contributed by atoms with Crippen LogP contribution in [0, 0.1) is 5.92 Å². The number of para-hydroxylation sites is 1. The molecular weight excluding hydrogens is 366 g/mol. The molecule has 29 heavy (non-hydrogen) atoms. The summed E-state index contributed by atoms with van der Waals surface area (Å²) in [7, 11) is 0. The molecule has 1 aliphatic heterocycles. The quantitative estimate of drug-likeness (QED) is 0.785. The molecule has 0 bridgehead atoms. The van der Waals surface area contributed by atoms with Crippen molar-refractivity contribution >= 4 is 23.2 Å². The van der Waals surface area contributed by atoms with Gasteiger partial charge in [-0.2, -0.15) is 0 Å². The van der Waals surface area contributed by atoms with Crippen LogP contribution < -0.4 is 15.0 Å². The molecule has 2 amide bonds. The van der Waals surface area contributed by atoms with E-state index in [2.05, 4.69) is 10.2 Å². The van der Waals surface area contributed by atoms with Crippen molar-refractivity contribution in [3.63, 3.8) is 0 Å². The van der Waals surface area contributed by atoms with E-state index in [0.717, 1.165) is 56.1 Å². The number of nitrogens with one attached hydrogen (secondary N) is 1. The molecule has 4 rings (SSSR count). The number of rotatable bonds is 7. The average molecular weight is 393 g/mol. The van der Waals surface area contributed by atoms with Crippen molar-refractivity contribution in [3.05, 3.63) is 54.6 Å². The molecule has 0 atom stereocenters. The van der Waals surface area contributed by atoms with Gasteiger partial charge in [-0.15, -0.1) is 0 Å². The molecule has 1 saturated carbocycles. The third-order valence-corrected chi connectivity index (χ3v) is 5.38. The van der Waals surface area contributed by atoms with Gasteiger partial charge in [0.2, 0.25) is 11.8 Å². The van der Waals surface area contributed by atoms with Crippen LogP contribution in [0.3, 0.4) is 0 Å². The molecule has 2 fully saturated rings. The molecule has 0 spiro atoms. The van der Waals surface area contributed by atoms with E-state index < -0.39 is 0 Å². The zero-order valence-corrected chi connectivity index (χ0v) is 16.5. The second kappa shape index (κ2) is 8.99. The Labute approximate surface area is 171 Å². The van der Waals surface area contributed by atoms with Gasteiger partial charge in [-0.3, -0.25) is 9.59 Å². The summed E-state index contributed by atoms with van der Waals surface area (Å²) in [6.07, 6.45) is 2.42. The van der Waals surface area contributed by atoms with Gasteiger partial charge in [-0.1, -0.05) is 18.2 Å². The van der Waals surface area contributed by atoms with E-state index in [-0.39, 0.29) is 5.91 Å². The molecule has 0 aromatic heterocycles. The van der Waals surface area contributed by atoms with E-state index in [0.29, 0.717) is 24.9 Å². The Hall–Kier alpha value is -3.02. The minimum Gasteiger partial charge on any atom is -0.493 e. The largest absolute Gasteiger partial charge is 0.493 e. The topological polar surface area (TPSA) is 61.9 Å². The van der Waals surface area contributed by atoms with Gasteiger partial charge in [0.25, 0.3) is 0 Å². The average Bonchev–Trinajstić information content (AvgIpc) is 3.60. The molecule has 6 heteroatoms. The number of anilines is 2. The number of amides is 2. The maximum Gasteiger partial charge on any atom is 0.227 e. The molecule has 1 heterocycles. The van der Waals surface area contributed by atoms with E-state index in [1.807, 2.05) is 59.5 Å². The highest BCUT2D eigenvalue weighted by molar-refractivity contribution is 5.91. The van der Waals surface area contributed by atoms with Gasteiger partial charge in [-0.05, 0) is 49.2 Å². The Bertz CT molecular complexity index is 826. The van der Waals surface area contributed by atoms with Crippen LogP contribution in [0.15, 0.2) is 54.6 Å². The monoisotopic (exact) mass is 393 g/mol. The Morgan fingerprint density at radius 3 is 2.28 bits per heavy atom. The van der Waals surface area contributed by atoms with Crippen LogP contribution in [0.2, 0.25) is 0 Å². The predicted octanol–water partition coefficient (Wildman–Crippen LogP) is 3.15. The predicted molar refractivity (Wildman–Crippen MR) is 113 cm³/mol. The summed E-state index contributed by atoms with van der Waals surface area (Å²) in [6, 6.07) is 17.4. The van der Waals surface area contributed by atoms with Crippen LogP contribution in [-0.2, 0) is 9.59 Å². The summed E-state index contributed by atoms with van der Waals surface area (Å²) >= 11 is 0. The van der Waals surface area contributed by atoms with Crippen molar-refractivity contribution in [1.82, 2.24) is 4.90 Å². The standard InChI is InChI=1S/C23H27N3O3/c27-22(12-17-29-21-4-2-1-3-5-21)24-19-8-10-20(11-9-19)25-13-15-26(16-14-25)23(28)18-6-7-18/h1-5,8-11,18H,6-7,12-17H2,(H,24,27). The van der Waals surface area contributed by atoms with Crippen LogP contribution in [0.25, 0.3) is 0 Å². The van der Waals surface area contributed by atoms with E-state index in [1.54, 1.807) is 0 Å². The van der Waals surface area contributed by atoms with Crippen LogP contribution in [0.4, 0.5) is 11.4 Å². The first kappa shape index (κ1) is 19.3. The van der Waals surface area contributed by atoms with Crippen molar-refractivity contribution in [2.75, 3.05) is 43.0 Å². The Morgan fingerprint density at radius 2 is 1.62 bits per heavy atom. The fourth-order valence-electron chi connectivity index (χ4n) is 3.53. The van der Waals surface area contributed by atoms with E-state index in [4.69, 9.17) is 4.74 Å². The van der Waals surface area contributed by atoms with Gasteiger partial charge in [0, 0.05) is 43.5 Å². The van der Waals surface area contributed by atoms with Gasteiger partial charge in [0.1, 0.15) is 5.75 Å². The molecule has 152 valence electrons. The molecule has 2 aromatic carbocycles. The minimum absolute atomic E-state index is 0.0686. The SMILES string of the molecule is O=C(CCOc1ccccc1)Nc1ccc(N2CCN(C(=O)C3CC3)CC2)cc1. The molecule has 0 radical (unpaired) electrons. The molecule has 0 unspecified atom stereocenters. The Morgan fingerprint density at radius 1 is 0.931 bits per heavy atom. The smallest absolute Gasteiger partial charge is 0.227 e. The number of piperazine rings is 1. The second-order valence-electron chi connectivity index (χ2n) is 7.59. The first-order chi connectivity index (χ1) is 14.2. The molecule has 6 nitrogen and oxygen atoms in total. The summed E-state index contributed by atoms with van der Waals surface area (Å²) in [6.45, 7) is 3.62. The van der Waals surface area contributed by atoms with Crippen LogP contribution >= 0.6 is 0 Å². The Balaban J connectivity index is 1.21. The number of hydrogen-bond donors (Lipinski definition) is 1. The summed E-state index contributed by atoms with van der Waals surface area (Å²) in [5.41, 5.74) is 1.90. The number of nitrogens with zero attached hydrogens (tertiary/aromatic N) is 2. The van der Waals surface area contributed by atoms with Crippen LogP contribution in [0.1, 0.15) is 19.3 Å². The van der Waals surface area contributed by atoms with Crippen molar-refractivity contribution in [2.45, 2.75) is 19.3 Å². The van der Waals surface area contributed by atoms with Crippen LogP contribution in [-0.4, -0.2) is 49.5 Å². The van der Waals surface area contributed by atoms with Gasteiger partial charge in [0.05, 0.1) is 13.0 Å². The lowest BCUT2D eigenvalue weighted by molar-refractivity contribution is -0.132. The van der Waals surface area contributed by atoms with Gasteiger partial charge < -0.3 is 19.9 Å². The lowest BCUT2D eigenvalue weighted by Crippen LogP contribution is -2.49. The summed E-state index contributed by atoms with van der Waals surface area (Å²) in [4.78, 5) is 28.6. The lowest BCUT2D eigenvalue weighted by atomic mass is 10.2. The summed E-state index contributed by atoms with van der Waals surface area (Å²) in [5, 5.41) is 2.91. The first-order valence-electron chi connectivity index (χ1n) is 10.3. The highest BCUT2D eigenvalue weighted by atomic mass is 16.5. The molecule has 1 N–H and O–H groups in total. The molecule has 2 aromatic rings. The molecule has 1 saturated heterocycles. The van der Waals surface area contributed by atoms with Crippen molar-refractivity contribution < 1.29 is 14.3 Å². The Kier molecular flexibility index (Phi) is 5.98. The van der Waals surface area contributed by atoms with Crippen molar-refractivity contribution in [3.8, 4) is 5.75 Å². The molecule has 1 aliphatic carbocycles. The molecular formula is C23H27N3O3. The summed E-state index contributed by atoms with van der Waals surface area (Å²) < 4.78 is 5.56. The zero-order chi connectivity index (χ0) is 20.1. The van der Waals surface area contributed by atoms with E-state index in [9.17, 15) is 9.59 Å². The number of carbonyl (C=O) groups is 2. The van der Waals surface area contributed by atoms with Gasteiger partial charge >= 0.3 is 0 Å². The van der Waals surface area contributed by atoms with Gasteiger partial charge in [-0.25, -0.2) is 0 Å². The minimum atomic E-state index is -0.0686. The maximum atomic E-state index is 12.2. The second-order valence-corrected chi connectivity index (χ2v) is 7.59. The third-order valence-electron chi connectivity index (χ3n) is 5.38. The fourth-order valence-corrected chi connectivity index (χ4v) is 3.53. The lowest BCUT2D eigenvalue weighted by Gasteiger charge is -2.36. The number of carbonyl (C=O) groups excluding carboxylic acids is 2. The maximum absolute atomic E-state index is 12.2. The number of benzene rings is 2. The normalized spacial score (nSPS) is 16.4.